The van der Waals surface area contributed by atoms with Gasteiger partial charge in [-0.2, -0.15) is 23.5 Å². The minimum atomic E-state index is -4.49. The van der Waals surface area contributed by atoms with Crippen molar-refractivity contribution in [1.29, 1.82) is 5.26 Å². The molecule has 1 N–H and O–H groups in total. The van der Waals surface area contributed by atoms with Crippen LogP contribution in [0, 0.1) is 11.3 Å². The van der Waals surface area contributed by atoms with Gasteiger partial charge in [-0.3, -0.25) is 9.67 Å². The van der Waals surface area contributed by atoms with Gasteiger partial charge in [-0.05, 0) is 23.8 Å². The molecule has 0 aliphatic heterocycles. The van der Waals surface area contributed by atoms with Crippen LogP contribution in [0.25, 0.3) is 10.9 Å². The van der Waals surface area contributed by atoms with Gasteiger partial charge in [-0.15, -0.1) is 0 Å². The second-order valence-corrected chi connectivity index (χ2v) is 5.25. The fraction of sp³-hybridized carbons (Fsp3) is 0.222. The van der Waals surface area contributed by atoms with E-state index in [4.69, 9.17) is 10.4 Å². The zero-order valence-electron chi connectivity index (χ0n) is 14.4. The summed E-state index contributed by atoms with van der Waals surface area (Å²) in [6.07, 6.45) is -2.51. The fourth-order valence-corrected chi connectivity index (χ4v) is 2.36. The summed E-state index contributed by atoms with van der Waals surface area (Å²) in [7, 11) is 0. The van der Waals surface area contributed by atoms with Crippen molar-refractivity contribution in [2.24, 2.45) is 0 Å². The molecule has 0 bridgehead atoms. The fourth-order valence-electron chi connectivity index (χ4n) is 2.36. The third-order valence-electron chi connectivity index (χ3n) is 3.52. The van der Waals surface area contributed by atoms with Gasteiger partial charge in [0, 0.05) is 17.8 Å². The monoisotopic (exact) mass is 376 g/mol. The van der Waals surface area contributed by atoms with E-state index in [1.807, 2.05) is 13.8 Å². The largest absolute Gasteiger partial charge is 0.478 e. The SMILES string of the molecule is CC.N#Cc1nn(Cc2ccc3ncc(C(F)(F)F)cc3c2)cc1C(=O)O. The van der Waals surface area contributed by atoms with Gasteiger partial charge >= 0.3 is 12.1 Å². The van der Waals surface area contributed by atoms with E-state index >= 15 is 0 Å². The lowest BCUT2D eigenvalue weighted by Gasteiger charge is -2.08. The number of nitrogens with zero attached hydrogens (tertiary/aromatic N) is 4. The number of carboxylic acid groups (broad SMARTS) is 1. The van der Waals surface area contributed by atoms with E-state index in [1.165, 1.54) is 16.9 Å². The van der Waals surface area contributed by atoms with E-state index in [-0.39, 0.29) is 17.8 Å². The van der Waals surface area contributed by atoms with Crippen molar-refractivity contribution in [3.05, 3.63) is 59.0 Å². The van der Waals surface area contributed by atoms with Crippen LogP contribution in [0.3, 0.4) is 0 Å². The second-order valence-electron chi connectivity index (χ2n) is 5.25. The Morgan fingerprint density at radius 3 is 2.56 bits per heavy atom. The van der Waals surface area contributed by atoms with E-state index in [1.54, 1.807) is 18.2 Å². The Morgan fingerprint density at radius 1 is 1.30 bits per heavy atom. The zero-order valence-corrected chi connectivity index (χ0v) is 14.4. The van der Waals surface area contributed by atoms with Crippen LogP contribution in [-0.2, 0) is 12.7 Å². The first-order valence-electron chi connectivity index (χ1n) is 7.94. The minimum absolute atomic E-state index is 0.105. The molecule has 2 heterocycles. The Morgan fingerprint density at radius 2 is 2.00 bits per heavy atom. The average molecular weight is 376 g/mol. The number of rotatable bonds is 3. The van der Waals surface area contributed by atoms with Crippen molar-refractivity contribution >= 4 is 16.9 Å². The van der Waals surface area contributed by atoms with Gasteiger partial charge in [-0.1, -0.05) is 19.9 Å². The van der Waals surface area contributed by atoms with Gasteiger partial charge in [0.25, 0.3) is 0 Å². The highest BCUT2D eigenvalue weighted by Gasteiger charge is 2.31. The van der Waals surface area contributed by atoms with E-state index in [9.17, 15) is 18.0 Å². The molecule has 0 unspecified atom stereocenters. The summed E-state index contributed by atoms with van der Waals surface area (Å²) >= 11 is 0. The van der Waals surface area contributed by atoms with Crippen molar-refractivity contribution in [2.75, 3.05) is 0 Å². The van der Waals surface area contributed by atoms with Gasteiger partial charge in [-0.25, -0.2) is 4.79 Å². The highest BCUT2D eigenvalue weighted by atomic mass is 19.4. The highest BCUT2D eigenvalue weighted by Crippen LogP contribution is 2.30. The molecule has 27 heavy (non-hydrogen) atoms. The number of carboxylic acids is 1. The molecule has 0 fully saturated rings. The minimum Gasteiger partial charge on any atom is -0.478 e. The molecule has 0 amide bonds. The van der Waals surface area contributed by atoms with Gasteiger partial charge in [0.2, 0.25) is 0 Å². The zero-order chi connectivity index (χ0) is 20.2. The second kappa shape index (κ2) is 7.86. The molecule has 0 aliphatic rings. The highest BCUT2D eigenvalue weighted by molar-refractivity contribution is 5.89. The van der Waals surface area contributed by atoms with E-state index in [0.717, 1.165) is 12.3 Å². The number of aromatic carboxylic acids is 1. The lowest BCUT2D eigenvalue weighted by Crippen LogP contribution is -2.05. The summed E-state index contributed by atoms with van der Waals surface area (Å²) in [4.78, 5) is 14.8. The summed E-state index contributed by atoms with van der Waals surface area (Å²) in [6.45, 7) is 4.11. The standard InChI is InChI=1S/C16H9F3N4O2.C2H6/c17-16(18,19)11-4-10-3-9(1-2-13(10)21-6-11)7-23-8-12(15(24)25)14(5-20)22-23;1-2/h1-4,6,8H,7H2,(H,24,25);1-2H3. The predicted octanol–water partition coefficient (Wildman–Crippen LogP) is 4.09. The summed E-state index contributed by atoms with van der Waals surface area (Å²) in [5.74, 6) is -1.28. The molecule has 9 heteroatoms. The van der Waals surface area contributed by atoms with Crippen LogP contribution in [0.5, 0.6) is 0 Å². The molecule has 0 saturated heterocycles. The number of halogens is 3. The molecule has 0 spiro atoms. The maximum absolute atomic E-state index is 12.8. The van der Waals surface area contributed by atoms with Gasteiger partial charge in [0.15, 0.2) is 5.69 Å². The Balaban J connectivity index is 0.00000126. The number of hydrogen-bond donors (Lipinski definition) is 1. The van der Waals surface area contributed by atoms with E-state index < -0.39 is 17.7 Å². The molecular formula is C18H15F3N4O2. The molecule has 3 rings (SSSR count). The number of fused-ring (bicyclic) bond motifs is 1. The van der Waals surface area contributed by atoms with Crippen LogP contribution in [-0.4, -0.2) is 25.8 Å². The lowest BCUT2D eigenvalue weighted by molar-refractivity contribution is -0.137. The first kappa shape index (κ1) is 19.9. The smallest absolute Gasteiger partial charge is 0.417 e. The molecule has 0 saturated carbocycles. The summed E-state index contributed by atoms with van der Waals surface area (Å²) in [5.41, 5.74) is -0.312. The molecule has 0 radical (unpaired) electrons. The van der Waals surface area contributed by atoms with Gasteiger partial charge < -0.3 is 5.11 Å². The Hall–Kier alpha value is -3.41. The molecule has 2 aromatic heterocycles. The summed E-state index contributed by atoms with van der Waals surface area (Å²) in [5, 5.41) is 22.1. The van der Waals surface area contributed by atoms with Crippen LogP contribution >= 0.6 is 0 Å². The van der Waals surface area contributed by atoms with Crippen LogP contribution in [0.1, 0.15) is 41.0 Å². The summed E-state index contributed by atoms with van der Waals surface area (Å²) in [6, 6.07) is 7.42. The maximum atomic E-state index is 12.8. The number of nitriles is 1. The average Bonchev–Trinajstić information content (AvgIpc) is 3.05. The van der Waals surface area contributed by atoms with E-state index in [2.05, 4.69) is 10.1 Å². The number of hydrogen-bond acceptors (Lipinski definition) is 4. The molecular weight excluding hydrogens is 361 g/mol. The van der Waals surface area contributed by atoms with Crippen molar-refractivity contribution in [2.45, 2.75) is 26.6 Å². The topological polar surface area (TPSA) is 91.8 Å². The van der Waals surface area contributed by atoms with Crippen LogP contribution in [0.2, 0.25) is 0 Å². The lowest BCUT2D eigenvalue weighted by atomic mass is 10.1. The Kier molecular flexibility index (Phi) is 5.80. The normalized spacial score (nSPS) is 10.8. The number of alkyl halides is 3. The predicted molar refractivity (Wildman–Crippen MR) is 91.1 cm³/mol. The first-order valence-corrected chi connectivity index (χ1v) is 7.94. The van der Waals surface area contributed by atoms with Gasteiger partial charge in [0.1, 0.15) is 11.6 Å². The quantitative estimate of drug-likeness (QED) is 0.743. The molecule has 0 aliphatic carbocycles. The number of benzene rings is 1. The van der Waals surface area contributed by atoms with Crippen molar-refractivity contribution < 1.29 is 23.1 Å². The van der Waals surface area contributed by atoms with Crippen LogP contribution < -0.4 is 0 Å². The first-order chi connectivity index (χ1) is 12.8. The molecule has 3 aromatic rings. The molecule has 140 valence electrons. The maximum Gasteiger partial charge on any atom is 0.417 e. The van der Waals surface area contributed by atoms with E-state index in [0.29, 0.717) is 16.5 Å². The van der Waals surface area contributed by atoms with Crippen LogP contribution in [0.15, 0.2) is 36.7 Å². The number of pyridine rings is 1. The Bertz CT molecular complexity index is 1020. The van der Waals surface area contributed by atoms with Crippen LogP contribution in [0.4, 0.5) is 13.2 Å². The number of aromatic nitrogens is 3. The van der Waals surface area contributed by atoms with Gasteiger partial charge in [0.05, 0.1) is 17.6 Å². The molecule has 6 nitrogen and oxygen atoms in total. The van der Waals surface area contributed by atoms with Crippen molar-refractivity contribution in [1.82, 2.24) is 14.8 Å². The third-order valence-corrected chi connectivity index (χ3v) is 3.52. The third kappa shape index (κ3) is 4.41. The molecule has 0 atom stereocenters. The Labute approximate surface area is 152 Å². The number of carbonyl (C=O) groups is 1. The van der Waals surface area contributed by atoms with Crippen molar-refractivity contribution in [3.8, 4) is 6.07 Å². The summed E-state index contributed by atoms with van der Waals surface area (Å²) < 4.78 is 39.6. The van der Waals surface area contributed by atoms with Crippen molar-refractivity contribution in [3.63, 3.8) is 0 Å². The molecule has 1 aromatic carbocycles.